The molecule has 4 heteroatoms. The van der Waals surface area contributed by atoms with Crippen molar-refractivity contribution >= 4 is 14.3 Å². The normalized spacial score (nSPS) is 9.88. The maximum Gasteiger partial charge on any atom is 0.207 e. The predicted molar refractivity (Wildman–Crippen MR) is 64.9 cm³/mol. The molecule has 1 amide bonds. The van der Waals surface area contributed by atoms with E-state index in [0.717, 1.165) is 28.9 Å². The number of nitrogens with one attached hydrogen (secondary N) is 1. The number of aryl methyl sites for hydroxylation is 1. The molecule has 0 bridgehead atoms. The third kappa shape index (κ3) is 3.02. The summed E-state index contributed by atoms with van der Waals surface area (Å²) >= 11 is 0. The van der Waals surface area contributed by atoms with Crippen LogP contribution in [0.25, 0.3) is 0 Å². The standard InChI is InChI=1S/C12H16BNO2/c1-9-11(7-14-8-15)5-10(3-4-13)6-12(9)16-2/h5-6,8H,3-4,7H2,1-2H3,(H,14,15). The van der Waals surface area contributed by atoms with Crippen LogP contribution < -0.4 is 10.1 Å². The minimum absolute atomic E-state index is 0.518. The Labute approximate surface area is 97.6 Å². The summed E-state index contributed by atoms with van der Waals surface area (Å²) < 4.78 is 5.30. The highest BCUT2D eigenvalue weighted by Gasteiger charge is 2.07. The van der Waals surface area contributed by atoms with Gasteiger partial charge in [0.25, 0.3) is 0 Å². The summed E-state index contributed by atoms with van der Waals surface area (Å²) in [5.74, 6) is 0.841. The summed E-state index contributed by atoms with van der Waals surface area (Å²) in [5, 5.41) is 2.66. The van der Waals surface area contributed by atoms with Crippen molar-refractivity contribution in [3.63, 3.8) is 0 Å². The molecule has 0 spiro atoms. The predicted octanol–water partition coefficient (Wildman–Crippen LogP) is 1.38. The molecular formula is C12H16BNO2. The summed E-state index contributed by atoms with van der Waals surface area (Å²) in [7, 11) is 7.17. The molecule has 1 rings (SSSR count). The van der Waals surface area contributed by atoms with Crippen molar-refractivity contribution < 1.29 is 9.53 Å². The number of carbonyl (C=O) groups excluding carboxylic acids is 1. The zero-order valence-corrected chi connectivity index (χ0v) is 9.75. The third-order valence-corrected chi connectivity index (χ3v) is 2.56. The van der Waals surface area contributed by atoms with Gasteiger partial charge in [-0.25, -0.2) is 0 Å². The van der Waals surface area contributed by atoms with E-state index in [1.165, 1.54) is 0 Å². The van der Waals surface area contributed by atoms with Gasteiger partial charge in [0.1, 0.15) is 5.75 Å². The molecule has 0 fully saturated rings. The van der Waals surface area contributed by atoms with Gasteiger partial charge in [-0.3, -0.25) is 4.79 Å². The van der Waals surface area contributed by atoms with Gasteiger partial charge in [-0.2, -0.15) is 0 Å². The minimum Gasteiger partial charge on any atom is -0.496 e. The molecule has 3 nitrogen and oxygen atoms in total. The lowest BCUT2D eigenvalue weighted by Gasteiger charge is -2.13. The molecule has 0 aromatic heterocycles. The van der Waals surface area contributed by atoms with E-state index in [0.29, 0.717) is 19.3 Å². The van der Waals surface area contributed by atoms with Gasteiger partial charge in [0.05, 0.1) is 15.0 Å². The first kappa shape index (κ1) is 12.6. The Bertz CT molecular complexity index is 366. The summed E-state index contributed by atoms with van der Waals surface area (Å²) in [6, 6.07) is 4.05. The Morgan fingerprint density at radius 2 is 2.25 bits per heavy atom. The Morgan fingerprint density at radius 1 is 1.50 bits per heavy atom. The van der Waals surface area contributed by atoms with Crippen molar-refractivity contribution in [2.45, 2.75) is 26.2 Å². The van der Waals surface area contributed by atoms with E-state index in [-0.39, 0.29) is 0 Å². The molecule has 2 radical (unpaired) electrons. The van der Waals surface area contributed by atoms with Crippen LogP contribution in [-0.4, -0.2) is 21.4 Å². The topological polar surface area (TPSA) is 38.3 Å². The molecule has 0 saturated carbocycles. The van der Waals surface area contributed by atoms with Gasteiger partial charge in [0.2, 0.25) is 6.41 Å². The molecule has 84 valence electrons. The maximum absolute atomic E-state index is 10.3. The first-order valence-electron chi connectivity index (χ1n) is 5.26. The fourth-order valence-corrected chi connectivity index (χ4v) is 1.67. The number of benzene rings is 1. The SMILES string of the molecule is [B]CCc1cc(CNC=O)c(C)c(OC)c1. The van der Waals surface area contributed by atoms with Crippen LogP contribution in [0.4, 0.5) is 0 Å². The molecule has 1 aromatic carbocycles. The monoisotopic (exact) mass is 217 g/mol. The highest BCUT2D eigenvalue weighted by atomic mass is 16.5. The summed E-state index contributed by atoms with van der Waals surface area (Å²) in [6.07, 6.45) is 2.11. The zero-order chi connectivity index (χ0) is 12.0. The molecular weight excluding hydrogens is 201 g/mol. The Kier molecular flexibility index (Phi) is 4.90. The van der Waals surface area contributed by atoms with Crippen LogP contribution in [0.2, 0.25) is 6.32 Å². The van der Waals surface area contributed by atoms with Gasteiger partial charge in [-0.05, 0) is 36.1 Å². The molecule has 0 aliphatic rings. The van der Waals surface area contributed by atoms with Crippen LogP contribution >= 0.6 is 0 Å². The van der Waals surface area contributed by atoms with Gasteiger partial charge in [-0.15, -0.1) is 0 Å². The van der Waals surface area contributed by atoms with Crippen LogP contribution in [0, 0.1) is 6.92 Å². The maximum atomic E-state index is 10.3. The van der Waals surface area contributed by atoms with E-state index in [9.17, 15) is 4.79 Å². The van der Waals surface area contributed by atoms with Crippen molar-refractivity contribution in [1.82, 2.24) is 5.32 Å². The van der Waals surface area contributed by atoms with Gasteiger partial charge in [0.15, 0.2) is 0 Å². The second-order valence-corrected chi connectivity index (χ2v) is 3.62. The minimum atomic E-state index is 0.518. The molecule has 0 unspecified atom stereocenters. The van der Waals surface area contributed by atoms with Crippen molar-refractivity contribution in [2.24, 2.45) is 0 Å². The average Bonchev–Trinajstić information content (AvgIpc) is 2.29. The number of amides is 1. The number of hydrogen-bond donors (Lipinski definition) is 1. The molecule has 0 saturated heterocycles. The molecule has 0 aliphatic carbocycles. The van der Waals surface area contributed by atoms with Crippen LogP contribution in [0.3, 0.4) is 0 Å². The fourth-order valence-electron chi connectivity index (χ4n) is 1.67. The fraction of sp³-hybridized carbons (Fsp3) is 0.417. The van der Waals surface area contributed by atoms with Crippen molar-refractivity contribution in [1.29, 1.82) is 0 Å². The van der Waals surface area contributed by atoms with Crippen LogP contribution in [0.1, 0.15) is 16.7 Å². The number of rotatable bonds is 6. The summed E-state index contributed by atoms with van der Waals surface area (Å²) in [5.41, 5.74) is 3.25. The zero-order valence-electron chi connectivity index (χ0n) is 9.75. The lowest BCUT2D eigenvalue weighted by molar-refractivity contribution is -0.109. The quantitative estimate of drug-likeness (QED) is 0.577. The van der Waals surface area contributed by atoms with Crippen LogP contribution in [-0.2, 0) is 17.8 Å². The number of carbonyl (C=O) groups is 1. The van der Waals surface area contributed by atoms with E-state index in [2.05, 4.69) is 11.4 Å². The van der Waals surface area contributed by atoms with E-state index < -0.39 is 0 Å². The van der Waals surface area contributed by atoms with Crippen molar-refractivity contribution in [3.05, 3.63) is 28.8 Å². The summed E-state index contributed by atoms with van der Waals surface area (Å²) in [6.45, 7) is 2.50. The molecule has 0 heterocycles. The average molecular weight is 217 g/mol. The largest absolute Gasteiger partial charge is 0.496 e. The third-order valence-electron chi connectivity index (χ3n) is 2.56. The summed E-state index contributed by atoms with van der Waals surface area (Å²) in [4.78, 5) is 10.3. The Morgan fingerprint density at radius 3 is 2.81 bits per heavy atom. The molecule has 0 aliphatic heterocycles. The van der Waals surface area contributed by atoms with Gasteiger partial charge in [-0.1, -0.05) is 12.4 Å². The second kappa shape index (κ2) is 6.21. The highest BCUT2D eigenvalue weighted by molar-refractivity contribution is 6.08. The Hall–Kier alpha value is -1.45. The van der Waals surface area contributed by atoms with Gasteiger partial charge < -0.3 is 10.1 Å². The first-order chi connectivity index (χ1) is 7.72. The van der Waals surface area contributed by atoms with E-state index >= 15 is 0 Å². The van der Waals surface area contributed by atoms with Crippen LogP contribution in [0.15, 0.2) is 12.1 Å². The number of methoxy groups -OCH3 is 1. The van der Waals surface area contributed by atoms with E-state index in [1.54, 1.807) is 7.11 Å². The molecule has 0 atom stereocenters. The molecule has 1 N–H and O–H groups in total. The van der Waals surface area contributed by atoms with Crippen molar-refractivity contribution in [2.75, 3.05) is 7.11 Å². The molecule has 1 aromatic rings. The molecule has 16 heavy (non-hydrogen) atoms. The highest BCUT2D eigenvalue weighted by Crippen LogP contribution is 2.24. The van der Waals surface area contributed by atoms with E-state index in [4.69, 9.17) is 12.6 Å². The van der Waals surface area contributed by atoms with Crippen molar-refractivity contribution in [3.8, 4) is 5.75 Å². The first-order valence-corrected chi connectivity index (χ1v) is 5.26. The lowest BCUT2D eigenvalue weighted by atomic mass is 9.94. The smallest absolute Gasteiger partial charge is 0.207 e. The number of hydrogen-bond acceptors (Lipinski definition) is 2. The van der Waals surface area contributed by atoms with Gasteiger partial charge in [0, 0.05) is 6.54 Å². The Balaban J connectivity index is 3.02. The lowest BCUT2D eigenvalue weighted by Crippen LogP contribution is -2.11. The second-order valence-electron chi connectivity index (χ2n) is 3.62. The number of ether oxygens (including phenoxy) is 1. The van der Waals surface area contributed by atoms with Crippen LogP contribution in [0.5, 0.6) is 5.75 Å². The van der Waals surface area contributed by atoms with Gasteiger partial charge >= 0.3 is 0 Å². The van der Waals surface area contributed by atoms with E-state index in [1.807, 2.05) is 13.0 Å².